The number of hydrogen-bond acceptors (Lipinski definition) is 1. The molecule has 8 atom stereocenters. The fourth-order valence-electron chi connectivity index (χ4n) is 8.90. The molecule has 1 aliphatic heterocycles. The third kappa shape index (κ3) is 3.61. The van der Waals surface area contributed by atoms with Gasteiger partial charge in [-0.15, -0.1) is 0 Å². The van der Waals surface area contributed by atoms with Crippen LogP contribution in [0.25, 0.3) is 0 Å². The van der Waals surface area contributed by atoms with Gasteiger partial charge in [-0.2, -0.15) is 0 Å². The van der Waals surface area contributed by atoms with Gasteiger partial charge in [0.2, 0.25) is 0 Å². The molecule has 0 aromatic rings. The Bertz CT molecular complexity index is 526. The molecule has 0 aromatic heterocycles. The van der Waals surface area contributed by atoms with Crippen molar-refractivity contribution in [2.75, 3.05) is 6.61 Å². The Morgan fingerprint density at radius 2 is 1.61 bits per heavy atom. The zero-order valence-electron chi connectivity index (χ0n) is 19.6. The van der Waals surface area contributed by atoms with Crippen LogP contribution in [-0.2, 0) is 4.74 Å². The van der Waals surface area contributed by atoms with Gasteiger partial charge < -0.3 is 4.74 Å². The van der Waals surface area contributed by atoms with Crippen molar-refractivity contribution in [1.82, 2.24) is 0 Å². The smallest absolute Gasteiger partial charge is 0.0631 e. The van der Waals surface area contributed by atoms with Gasteiger partial charge in [-0.25, -0.2) is 0 Å². The maximum absolute atomic E-state index is 6.53. The van der Waals surface area contributed by atoms with Crippen LogP contribution in [0.2, 0.25) is 0 Å². The molecule has 0 aromatic carbocycles. The largest absolute Gasteiger partial charge is 0.378 e. The third-order valence-corrected chi connectivity index (χ3v) is 10.4. The highest BCUT2D eigenvalue weighted by molar-refractivity contribution is 5.08. The second-order valence-electron chi connectivity index (χ2n) is 12.3. The van der Waals surface area contributed by atoms with Crippen LogP contribution in [0.1, 0.15) is 112 Å². The molecule has 162 valence electrons. The normalized spacial score (nSPS) is 47.1. The van der Waals surface area contributed by atoms with Crippen LogP contribution in [0.15, 0.2) is 0 Å². The highest BCUT2D eigenvalue weighted by Gasteiger charge is 2.59. The van der Waals surface area contributed by atoms with E-state index in [9.17, 15) is 0 Å². The predicted octanol–water partition coefficient (Wildman–Crippen LogP) is 7.88. The number of hydrogen-bond donors (Lipinski definition) is 0. The molecule has 0 bridgehead atoms. The molecule has 0 N–H and O–H groups in total. The van der Waals surface area contributed by atoms with Gasteiger partial charge in [-0.1, -0.05) is 66.7 Å². The van der Waals surface area contributed by atoms with Gasteiger partial charge in [0.1, 0.15) is 0 Å². The number of rotatable bonds is 5. The predicted molar refractivity (Wildman–Crippen MR) is 119 cm³/mol. The molecule has 4 aliphatic rings. The summed E-state index contributed by atoms with van der Waals surface area (Å²) in [4.78, 5) is 0. The van der Waals surface area contributed by atoms with Crippen molar-refractivity contribution in [3.05, 3.63) is 0 Å². The lowest BCUT2D eigenvalue weighted by molar-refractivity contribution is -0.0992. The molecule has 0 spiro atoms. The molecular weight excluding hydrogens is 340 g/mol. The minimum atomic E-state index is 0.474. The molecule has 1 nitrogen and oxygen atoms in total. The summed E-state index contributed by atoms with van der Waals surface area (Å²) in [7, 11) is 0. The van der Waals surface area contributed by atoms with Crippen LogP contribution >= 0.6 is 0 Å². The van der Waals surface area contributed by atoms with Gasteiger partial charge in [0.25, 0.3) is 0 Å². The summed E-state index contributed by atoms with van der Waals surface area (Å²) in [5, 5.41) is 0. The lowest BCUT2D eigenvalue weighted by Crippen LogP contribution is -2.50. The molecule has 3 saturated carbocycles. The fraction of sp³-hybridized carbons (Fsp3) is 1.00. The number of ether oxygens (including phenoxy) is 1. The summed E-state index contributed by atoms with van der Waals surface area (Å²) in [6.07, 6.45) is 17.8. The van der Waals surface area contributed by atoms with Crippen molar-refractivity contribution in [3.63, 3.8) is 0 Å². The first-order valence-corrected chi connectivity index (χ1v) is 13.0. The second kappa shape index (κ2) is 8.24. The van der Waals surface area contributed by atoms with Crippen molar-refractivity contribution in [2.45, 2.75) is 118 Å². The van der Waals surface area contributed by atoms with Gasteiger partial charge in [0, 0.05) is 6.61 Å². The maximum Gasteiger partial charge on any atom is 0.0631 e. The molecule has 1 heteroatoms. The van der Waals surface area contributed by atoms with E-state index in [1.165, 1.54) is 77.0 Å². The minimum Gasteiger partial charge on any atom is -0.378 e. The van der Waals surface area contributed by atoms with Crippen LogP contribution in [-0.4, -0.2) is 12.7 Å². The van der Waals surface area contributed by atoms with Crippen LogP contribution < -0.4 is 0 Å². The van der Waals surface area contributed by atoms with Gasteiger partial charge in [-0.05, 0) is 91.3 Å². The maximum atomic E-state index is 6.53. The first kappa shape index (κ1) is 21.2. The van der Waals surface area contributed by atoms with E-state index in [4.69, 9.17) is 4.74 Å². The zero-order chi connectivity index (χ0) is 19.9. The van der Waals surface area contributed by atoms with Gasteiger partial charge in [0.15, 0.2) is 0 Å². The Morgan fingerprint density at radius 1 is 0.821 bits per heavy atom. The van der Waals surface area contributed by atoms with Crippen molar-refractivity contribution in [2.24, 2.45) is 46.3 Å². The Kier molecular flexibility index (Phi) is 6.24. The van der Waals surface area contributed by atoms with Gasteiger partial charge in [0.05, 0.1) is 6.10 Å². The van der Waals surface area contributed by atoms with Crippen molar-refractivity contribution in [3.8, 4) is 0 Å². The molecule has 0 amide bonds. The van der Waals surface area contributed by atoms with E-state index < -0.39 is 0 Å². The molecule has 1 saturated heterocycles. The highest BCUT2D eigenvalue weighted by Crippen LogP contribution is 2.66. The Balaban J connectivity index is 1.49. The lowest BCUT2D eigenvalue weighted by Gasteiger charge is -2.55. The van der Waals surface area contributed by atoms with Crippen molar-refractivity contribution >= 4 is 0 Å². The fourth-order valence-corrected chi connectivity index (χ4v) is 8.90. The molecule has 0 radical (unpaired) electrons. The average molecular weight is 389 g/mol. The molecule has 1 heterocycles. The molecule has 3 aliphatic carbocycles. The standard InChI is InChI=1S/C27H48O/c1-19(2)9-8-10-20(3)22-12-13-23-21-15-18-28-25-11-6-7-16-27(25,5)24(21)14-17-26(22,23)4/h19-25H,6-18H2,1-5H3/t20-,21+,22-,23+,24+,25-,26-,27-/m1/s1. The van der Waals surface area contributed by atoms with Crippen LogP contribution in [0.3, 0.4) is 0 Å². The van der Waals surface area contributed by atoms with Crippen molar-refractivity contribution < 1.29 is 4.74 Å². The SMILES string of the molecule is CC(C)CCC[C@@H](C)[C@H]1CC[C@H]2[C@@H]3CCO[C@@H]4CCCC[C@]4(C)[C@H]3CC[C@]12C. The summed E-state index contributed by atoms with van der Waals surface area (Å²) in [6, 6.07) is 0. The topological polar surface area (TPSA) is 9.23 Å². The van der Waals surface area contributed by atoms with Crippen LogP contribution in [0.5, 0.6) is 0 Å². The summed E-state index contributed by atoms with van der Waals surface area (Å²) < 4.78 is 6.53. The summed E-state index contributed by atoms with van der Waals surface area (Å²) in [5.74, 6) is 5.62. The second-order valence-corrected chi connectivity index (χ2v) is 12.3. The Hall–Kier alpha value is -0.0400. The van der Waals surface area contributed by atoms with E-state index in [1.807, 2.05) is 0 Å². The zero-order valence-corrected chi connectivity index (χ0v) is 19.6. The van der Waals surface area contributed by atoms with E-state index >= 15 is 0 Å². The molecular formula is C27H48O. The summed E-state index contributed by atoms with van der Waals surface area (Å²) in [6.45, 7) is 13.8. The monoisotopic (exact) mass is 388 g/mol. The summed E-state index contributed by atoms with van der Waals surface area (Å²) >= 11 is 0. The van der Waals surface area contributed by atoms with E-state index in [0.29, 0.717) is 16.9 Å². The quantitative estimate of drug-likeness (QED) is 0.465. The molecule has 0 unspecified atom stereocenters. The van der Waals surface area contributed by atoms with Crippen LogP contribution in [0, 0.1) is 46.3 Å². The Morgan fingerprint density at radius 3 is 2.39 bits per heavy atom. The lowest BCUT2D eigenvalue weighted by atomic mass is 9.49. The molecule has 28 heavy (non-hydrogen) atoms. The number of fused-ring (bicyclic) bond motifs is 5. The summed E-state index contributed by atoms with van der Waals surface area (Å²) in [5.41, 5.74) is 1.09. The van der Waals surface area contributed by atoms with E-state index in [-0.39, 0.29) is 0 Å². The van der Waals surface area contributed by atoms with E-state index in [1.54, 1.807) is 0 Å². The van der Waals surface area contributed by atoms with E-state index in [2.05, 4.69) is 34.6 Å². The molecule has 4 fully saturated rings. The Labute approximate surface area is 175 Å². The first-order valence-electron chi connectivity index (χ1n) is 13.0. The van der Waals surface area contributed by atoms with Crippen molar-refractivity contribution in [1.29, 1.82) is 0 Å². The average Bonchev–Trinajstić information content (AvgIpc) is 2.92. The minimum absolute atomic E-state index is 0.474. The third-order valence-electron chi connectivity index (χ3n) is 10.4. The molecule has 4 rings (SSSR count). The highest BCUT2D eigenvalue weighted by atomic mass is 16.5. The first-order chi connectivity index (χ1) is 13.4. The van der Waals surface area contributed by atoms with Gasteiger partial charge in [-0.3, -0.25) is 0 Å². The van der Waals surface area contributed by atoms with Crippen LogP contribution in [0.4, 0.5) is 0 Å². The van der Waals surface area contributed by atoms with E-state index in [0.717, 1.165) is 42.1 Å². The van der Waals surface area contributed by atoms with Gasteiger partial charge >= 0.3 is 0 Å².